The molecule has 27 heavy (non-hydrogen) atoms. The Morgan fingerprint density at radius 3 is 2.22 bits per heavy atom. The number of benzene rings is 2. The maximum absolute atomic E-state index is 14.1. The summed E-state index contributed by atoms with van der Waals surface area (Å²) in [5.41, 5.74) is -1.28. The normalized spacial score (nSPS) is 19.6. The zero-order valence-electron chi connectivity index (χ0n) is 13.6. The van der Waals surface area contributed by atoms with Crippen molar-refractivity contribution in [2.45, 2.75) is 16.9 Å². The number of ether oxygens (including phenoxy) is 1. The lowest BCUT2D eigenvalue weighted by Crippen LogP contribution is -2.60. The van der Waals surface area contributed by atoms with Gasteiger partial charge in [-0.3, -0.25) is 0 Å². The zero-order valence-corrected chi connectivity index (χ0v) is 14.4. The van der Waals surface area contributed by atoms with Gasteiger partial charge >= 0.3 is 17.1 Å². The molecule has 1 unspecified atom stereocenters. The highest BCUT2D eigenvalue weighted by Gasteiger charge is 2.71. The van der Waals surface area contributed by atoms with Crippen molar-refractivity contribution in [1.82, 2.24) is 0 Å². The molecule has 0 aliphatic carbocycles. The molecule has 0 amide bonds. The minimum absolute atomic E-state index is 0.0460. The molecule has 0 radical (unpaired) electrons. The molecular weight excluding hydrogens is 385 g/mol. The molecular formula is C18H13F3O5S. The molecule has 1 N–H and O–H groups in total. The third kappa shape index (κ3) is 3.08. The van der Waals surface area contributed by atoms with E-state index in [9.17, 15) is 31.5 Å². The summed E-state index contributed by atoms with van der Waals surface area (Å²) in [6.07, 6.45) is -4.84. The highest BCUT2D eigenvalue weighted by molar-refractivity contribution is 7.92. The molecule has 1 heterocycles. The summed E-state index contributed by atoms with van der Waals surface area (Å²) >= 11 is 0. The molecule has 0 spiro atoms. The number of halogens is 3. The van der Waals surface area contributed by atoms with Gasteiger partial charge in [-0.1, -0.05) is 48.5 Å². The first-order chi connectivity index (χ1) is 12.6. The van der Waals surface area contributed by atoms with Crippen molar-refractivity contribution in [2.24, 2.45) is 0 Å². The van der Waals surface area contributed by atoms with Crippen LogP contribution in [0.1, 0.15) is 11.1 Å². The van der Waals surface area contributed by atoms with Crippen LogP contribution in [0.15, 0.2) is 60.2 Å². The van der Waals surface area contributed by atoms with Gasteiger partial charge < -0.3 is 9.84 Å². The lowest BCUT2D eigenvalue weighted by atomic mass is 10.0. The number of hydrogen-bond acceptors (Lipinski definition) is 4. The molecule has 1 atom stereocenters. The number of fused-ring (bicyclic) bond motifs is 1. The van der Waals surface area contributed by atoms with Gasteiger partial charge in [0.15, 0.2) is 0 Å². The van der Waals surface area contributed by atoms with Crippen LogP contribution in [0.2, 0.25) is 0 Å². The van der Waals surface area contributed by atoms with Crippen LogP contribution in [0.25, 0.3) is 6.08 Å². The lowest BCUT2D eigenvalue weighted by Gasteiger charge is -2.38. The Morgan fingerprint density at radius 1 is 1.04 bits per heavy atom. The number of carbonyl (C=O) groups is 1. The van der Waals surface area contributed by atoms with Crippen LogP contribution in [0.4, 0.5) is 13.2 Å². The monoisotopic (exact) mass is 398 g/mol. The van der Waals surface area contributed by atoms with Crippen molar-refractivity contribution >= 4 is 21.9 Å². The van der Waals surface area contributed by atoms with Crippen molar-refractivity contribution in [3.8, 4) is 5.75 Å². The van der Waals surface area contributed by atoms with Gasteiger partial charge in [-0.2, -0.15) is 13.2 Å². The number of carboxylic acid groups (broad SMARTS) is 1. The Bertz CT molecular complexity index is 1010. The van der Waals surface area contributed by atoms with E-state index in [-0.39, 0.29) is 16.9 Å². The summed E-state index contributed by atoms with van der Waals surface area (Å²) in [5, 5.41) is 9.38. The van der Waals surface area contributed by atoms with Crippen LogP contribution in [0, 0.1) is 0 Å². The van der Waals surface area contributed by atoms with E-state index in [1.165, 1.54) is 42.5 Å². The SMILES string of the molecule is O=C(O)C1=Cc2ccccc2OC1(C(F)(F)F)S(=O)(=O)Cc1ccccc1. The first-order valence-corrected chi connectivity index (χ1v) is 9.30. The van der Waals surface area contributed by atoms with Crippen LogP contribution in [-0.2, 0) is 20.4 Å². The van der Waals surface area contributed by atoms with Crippen molar-refractivity contribution in [1.29, 1.82) is 0 Å². The van der Waals surface area contributed by atoms with Crippen LogP contribution in [-0.4, -0.2) is 30.6 Å². The van der Waals surface area contributed by atoms with E-state index < -0.39 is 38.2 Å². The van der Waals surface area contributed by atoms with E-state index >= 15 is 0 Å². The smallest absolute Gasteiger partial charge is 0.448 e. The highest BCUT2D eigenvalue weighted by atomic mass is 32.2. The molecule has 1 aliphatic heterocycles. The molecule has 0 fully saturated rings. The Labute approximate surface area is 152 Å². The number of hydrogen-bond donors (Lipinski definition) is 1. The second-order valence-corrected chi connectivity index (χ2v) is 7.96. The summed E-state index contributed by atoms with van der Waals surface area (Å²) in [5.74, 6) is -3.44. The van der Waals surface area contributed by atoms with Crippen molar-refractivity contribution in [3.63, 3.8) is 0 Å². The molecule has 2 aromatic carbocycles. The highest BCUT2D eigenvalue weighted by Crippen LogP contribution is 2.49. The summed E-state index contributed by atoms with van der Waals surface area (Å²) < 4.78 is 73.0. The average Bonchev–Trinajstić information content (AvgIpc) is 2.59. The fraction of sp³-hybridized carbons (Fsp3) is 0.167. The third-order valence-electron chi connectivity index (χ3n) is 4.07. The number of sulfone groups is 1. The summed E-state index contributed by atoms with van der Waals surface area (Å²) in [7, 11) is -5.19. The maximum Gasteiger partial charge on any atom is 0.448 e. The van der Waals surface area contributed by atoms with E-state index in [1.807, 2.05) is 0 Å². The van der Waals surface area contributed by atoms with Crippen molar-refractivity contribution < 1.29 is 36.2 Å². The van der Waals surface area contributed by atoms with Crippen LogP contribution in [0.5, 0.6) is 5.75 Å². The molecule has 2 aromatic rings. The molecule has 0 bridgehead atoms. The summed E-state index contributed by atoms with van der Waals surface area (Å²) in [6, 6.07) is 12.5. The Morgan fingerprint density at radius 2 is 1.63 bits per heavy atom. The standard InChI is InChI=1S/C18H13F3O5S/c19-18(20,21)17(27(24,25)11-12-6-2-1-3-7-12)14(16(22)23)10-13-8-4-5-9-15(13)26-17/h1-10H,11H2,(H,22,23). The van der Waals surface area contributed by atoms with E-state index in [0.717, 1.165) is 6.07 Å². The lowest BCUT2D eigenvalue weighted by molar-refractivity contribution is -0.203. The molecule has 0 saturated carbocycles. The Hall–Kier alpha value is -2.81. The van der Waals surface area contributed by atoms with Crippen LogP contribution in [0.3, 0.4) is 0 Å². The van der Waals surface area contributed by atoms with Gasteiger partial charge in [-0.05, 0) is 17.7 Å². The molecule has 5 nitrogen and oxygen atoms in total. The van der Waals surface area contributed by atoms with E-state index in [1.54, 1.807) is 6.07 Å². The molecule has 3 rings (SSSR count). The summed E-state index contributed by atoms with van der Waals surface area (Å²) in [6.45, 7) is 0. The second-order valence-electron chi connectivity index (χ2n) is 5.86. The number of alkyl halides is 3. The minimum atomic E-state index is -5.53. The number of para-hydroxylation sites is 1. The van der Waals surface area contributed by atoms with E-state index in [4.69, 9.17) is 4.74 Å². The molecule has 1 aliphatic rings. The topological polar surface area (TPSA) is 80.7 Å². The van der Waals surface area contributed by atoms with Crippen molar-refractivity contribution in [3.05, 3.63) is 71.3 Å². The fourth-order valence-corrected chi connectivity index (χ4v) is 4.75. The largest absolute Gasteiger partial charge is 0.478 e. The predicted molar refractivity (Wildman–Crippen MR) is 90.5 cm³/mol. The zero-order chi connectivity index (χ0) is 19.9. The molecule has 0 saturated heterocycles. The van der Waals surface area contributed by atoms with Gasteiger partial charge in [0.25, 0.3) is 0 Å². The quantitative estimate of drug-likeness (QED) is 0.854. The number of aliphatic carboxylic acids is 1. The Balaban J connectivity index is 2.26. The maximum atomic E-state index is 14.1. The third-order valence-corrected chi connectivity index (χ3v) is 6.19. The molecule has 142 valence electrons. The Kier molecular flexibility index (Phi) is 4.51. The van der Waals surface area contributed by atoms with Crippen LogP contribution < -0.4 is 4.74 Å². The van der Waals surface area contributed by atoms with Gasteiger partial charge in [0.05, 0.1) is 5.75 Å². The van der Waals surface area contributed by atoms with Gasteiger partial charge in [-0.15, -0.1) is 0 Å². The van der Waals surface area contributed by atoms with Gasteiger partial charge in [0.2, 0.25) is 9.84 Å². The predicted octanol–water partition coefficient (Wildman–Crippen LogP) is 3.42. The van der Waals surface area contributed by atoms with Crippen LogP contribution >= 0.6 is 0 Å². The average molecular weight is 398 g/mol. The van der Waals surface area contributed by atoms with Gasteiger partial charge in [0, 0.05) is 5.56 Å². The van der Waals surface area contributed by atoms with E-state index in [2.05, 4.69) is 0 Å². The minimum Gasteiger partial charge on any atom is -0.478 e. The van der Waals surface area contributed by atoms with E-state index in [0.29, 0.717) is 6.08 Å². The second kappa shape index (κ2) is 6.41. The number of rotatable bonds is 4. The van der Waals surface area contributed by atoms with Crippen molar-refractivity contribution in [2.75, 3.05) is 0 Å². The molecule has 0 aromatic heterocycles. The fourth-order valence-electron chi connectivity index (χ4n) is 2.87. The first kappa shape index (κ1) is 19.0. The van der Waals surface area contributed by atoms with Gasteiger partial charge in [0.1, 0.15) is 11.3 Å². The molecule has 9 heteroatoms. The van der Waals surface area contributed by atoms with Gasteiger partial charge in [-0.25, -0.2) is 13.2 Å². The number of carboxylic acids is 1. The first-order valence-electron chi connectivity index (χ1n) is 7.65. The summed E-state index contributed by atoms with van der Waals surface area (Å²) in [4.78, 5) is 7.59.